The van der Waals surface area contributed by atoms with E-state index in [1.54, 1.807) is 18.2 Å². The topological polar surface area (TPSA) is 59.1 Å². The molecule has 86 valence electrons. The summed E-state index contributed by atoms with van der Waals surface area (Å²) in [7, 11) is 0. The zero-order chi connectivity index (χ0) is 12.3. The van der Waals surface area contributed by atoms with Crippen LogP contribution in [0.5, 0.6) is 0 Å². The first-order valence-corrected chi connectivity index (χ1v) is 5.85. The minimum Gasteiger partial charge on any atom is -0.307 e. The van der Waals surface area contributed by atoms with E-state index in [1.807, 2.05) is 12.3 Å². The van der Waals surface area contributed by atoms with Gasteiger partial charge >= 0.3 is 0 Å². The first-order valence-electron chi connectivity index (χ1n) is 4.97. The van der Waals surface area contributed by atoms with Crippen LogP contribution < -0.4 is 5.32 Å². The highest BCUT2D eigenvalue weighted by Gasteiger charge is 2.10. The standard InChI is InChI=1S/C12H10N2O2S/c1-8-10(4-5-17-8)12(16)14-11-3-2-9(7-15)6-13-11/h2-7H,1H3,(H,13,14,16). The summed E-state index contributed by atoms with van der Waals surface area (Å²) in [6, 6.07) is 4.98. The van der Waals surface area contributed by atoms with Crippen molar-refractivity contribution in [2.24, 2.45) is 0 Å². The lowest BCUT2D eigenvalue weighted by molar-refractivity contribution is 0.102. The number of amides is 1. The lowest BCUT2D eigenvalue weighted by atomic mass is 10.2. The van der Waals surface area contributed by atoms with Gasteiger partial charge in [0, 0.05) is 16.6 Å². The molecular weight excluding hydrogens is 236 g/mol. The van der Waals surface area contributed by atoms with Crippen molar-refractivity contribution in [3.8, 4) is 0 Å². The van der Waals surface area contributed by atoms with Crippen molar-refractivity contribution in [3.05, 3.63) is 45.8 Å². The van der Waals surface area contributed by atoms with Crippen LogP contribution in [0.1, 0.15) is 25.6 Å². The first kappa shape index (κ1) is 11.5. The zero-order valence-electron chi connectivity index (χ0n) is 9.14. The van der Waals surface area contributed by atoms with E-state index >= 15 is 0 Å². The van der Waals surface area contributed by atoms with Crippen LogP contribution in [0.25, 0.3) is 0 Å². The lowest BCUT2D eigenvalue weighted by Crippen LogP contribution is -2.13. The molecule has 0 unspecified atom stereocenters. The Labute approximate surface area is 102 Å². The number of carbonyl (C=O) groups is 2. The smallest absolute Gasteiger partial charge is 0.257 e. The van der Waals surface area contributed by atoms with Gasteiger partial charge in [0.25, 0.3) is 5.91 Å². The number of hydrogen-bond donors (Lipinski definition) is 1. The number of nitrogens with one attached hydrogen (secondary N) is 1. The molecule has 0 radical (unpaired) electrons. The highest BCUT2D eigenvalue weighted by Crippen LogP contribution is 2.16. The van der Waals surface area contributed by atoms with E-state index in [2.05, 4.69) is 10.3 Å². The Balaban J connectivity index is 2.13. The van der Waals surface area contributed by atoms with Crippen LogP contribution in [0, 0.1) is 6.92 Å². The maximum absolute atomic E-state index is 11.8. The van der Waals surface area contributed by atoms with Gasteiger partial charge in [-0.1, -0.05) is 0 Å². The van der Waals surface area contributed by atoms with Gasteiger partial charge in [0.05, 0.1) is 5.56 Å². The highest BCUT2D eigenvalue weighted by molar-refractivity contribution is 7.10. The summed E-state index contributed by atoms with van der Waals surface area (Å²) in [5.74, 6) is 0.251. The van der Waals surface area contributed by atoms with E-state index in [0.717, 1.165) is 4.88 Å². The average Bonchev–Trinajstić information content (AvgIpc) is 2.76. The van der Waals surface area contributed by atoms with Gasteiger partial charge in [-0.25, -0.2) is 4.98 Å². The third-order valence-electron chi connectivity index (χ3n) is 2.27. The minimum atomic E-state index is -0.185. The molecule has 0 aliphatic heterocycles. The molecule has 2 rings (SSSR count). The Kier molecular flexibility index (Phi) is 3.30. The summed E-state index contributed by atoms with van der Waals surface area (Å²) in [6.07, 6.45) is 2.13. The van der Waals surface area contributed by atoms with Crippen molar-refractivity contribution in [2.75, 3.05) is 5.32 Å². The lowest BCUT2D eigenvalue weighted by Gasteiger charge is -2.03. The van der Waals surface area contributed by atoms with E-state index in [0.29, 0.717) is 23.2 Å². The van der Waals surface area contributed by atoms with Crippen LogP contribution in [0.4, 0.5) is 5.82 Å². The number of thiophene rings is 1. The molecule has 0 bridgehead atoms. The number of pyridine rings is 1. The molecule has 0 aromatic carbocycles. The number of aromatic nitrogens is 1. The molecule has 1 amide bonds. The molecule has 0 aliphatic carbocycles. The number of aldehydes is 1. The van der Waals surface area contributed by atoms with Crippen molar-refractivity contribution in [2.45, 2.75) is 6.92 Å². The fourth-order valence-electron chi connectivity index (χ4n) is 1.35. The van der Waals surface area contributed by atoms with Crippen LogP contribution in [0.2, 0.25) is 0 Å². The maximum Gasteiger partial charge on any atom is 0.257 e. The molecular formula is C12H10N2O2S. The minimum absolute atomic E-state index is 0.185. The number of hydrogen-bond acceptors (Lipinski definition) is 4. The van der Waals surface area contributed by atoms with Crippen LogP contribution in [0.15, 0.2) is 29.8 Å². The number of carbonyl (C=O) groups excluding carboxylic acids is 2. The third-order valence-corrected chi connectivity index (χ3v) is 3.11. The molecule has 0 spiro atoms. The van der Waals surface area contributed by atoms with Crippen molar-refractivity contribution in [1.29, 1.82) is 0 Å². The predicted molar refractivity (Wildman–Crippen MR) is 66.6 cm³/mol. The van der Waals surface area contributed by atoms with Gasteiger partial charge in [0.2, 0.25) is 0 Å². The molecule has 1 N–H and O–H groups in total. The quantitative estimate of drug-likeness (QED) is 0.846. The van der Waals surface area contributed by atoms with Crippen molar-refractivity contribution < 1.29 is 9.59 Å². The van der Waals surface area contributed by atoms with E-state index < -0.39 is 0 Å². The van der Waals surface area contributed by atoms with E-state index in [9.17, 15) is 9.59 Å². The van der Waals surface area contributed by atoms with Crippen LogP contribution in [-0.4, -0.2) is 17.2 Å². The molecule has 0 atom stereocenters. The molecule has 2 aromatic rings. The van der Waals surface area contributed by atoms with Crippen LogP contribution >= 0.6 is 11.3 Å². The molecule has 0 fully saturated rings. The van der Waals surface area contributed by atoms with E-state index in [4.69, 9.17) is 0 Å². The Hall–Kier alpha value is -2.01. The summed E-state index contributed by atoms with van der Waals surface area (Å²) >= 11 is 1.52. The molecule has 0 saturated carbocycles. The number of rotatable bonds is 3. The van der Waals surface area contributed by atoms with Crippen molar-refractivity contribution >= 4 is 29.3 Å². The van der Waals surface area contributed by atoms with Gasteiger partial charge in [0.15, 0.2) is 6.29 Å². The van der Waals surface area contributed by atoms with Crippen molar-refractivity contribution in [3.63, 3.8) is 0 Å². The van der Waals surface area contributed by atoms with Gasteiger partial charge in [-0.3, -0.25) is 9.59 Å². The SMILES string of the molecule is Cc1sccc1C(=O)Nc1ccc(C=O)cn1. The second-order valence-corrected chi connectivity index (χ2v) is 4.56. The molecule has 17 heavy (non-hydrogen) atoms. The molecule has 0 aliphatic rings. The van der Waals surface area contributed by atoms with Gasteiger partial charge in [-0.05, 0) is 30.5 Å². The third kappa shape index (κ3) is 2.57. The van der Waals surface area contributed by atoms with E-state index in [-0.39, 0.29) is 5.91 Å². The second-order valence-electron chi connectivity index (χ2n) is 3.44. The number of aryl methyl sites for hydroxylation is 1. The maximum atomic E-state index is 11.8. The average molecular weight is 246 g/mol. The van der Waals surface area contributed by atoms with Gasteiger partial charge in [-0.15, -0.1) is 11.3 Å². The molecule has 2 heterocycles. The molecule has 0 saturated heterocycles. The van der Waals surface area contributed by atoms with E-state index in [1.165, 1.54) is 17.5 Å². The second kappa shape index (κ2) is 4.88. The van der Waals surface area contributed by atoms with Crippen LogP contribution in [0.3, 0.4) is 0 Å². The summed E-state index contributed by atoms with van der Waals surface area (Å²) < 4.78 is 0. The van der Waals surface area contributed by atoms with Crippen LogP contribution in [-0.2, 0) is 0 Å². The van der Waals surface area contributed by atoms with Crippen molar-refractivity contribution in [1.82, 2.24) is 4.98 Å². The molecule has 5 heteroatoms. The normalized spacial score (nSPS) is 9.94. The zero-order valence-corrected chi connectivity index (χ0v) is 9.95. The summed E-state index contributed by atoms with van der Waals surface area (Å²) in [5, 5.41) is 4.55. The Morgan fingerprint density at radius 2 is 2.24 bits per heavy atom. The molecule has 2 aromatic heterocycles. The fourth-order valence-corrected chi connectivity index (χ4v) is 2.05. The first-order chi connectivity index (χ1) is 8.20. The van der Waals surface area contributed by atoms with Gasteiger partial charge in [0.1, 0.15) is 5.82 Å². The summed E-state index contributed by atoms with van der Waals surface area (Å²) in [4.78, 5) is 27.2. The molecule has 4 nitrogen and oxygen atoms in total. The predicted octanol–water partition coefficient (Wildman–Crippen LogP) is 2.52. The Morgan fingerprint density at radius 3 is 2.76 bits per heavy atom. The van der Waals surface area contributed by atoms with Gasteiger partial charge in [-0.2, -0.15) is 0 Å². The Bertz CT molecular complexity index is 546. The number of anilines is 1. The monoisotopic (exact) mass is 246 g/mol. The highest BCUT2D eigenvalue weighted by atomic mass is 32.1. The summed E-state index contributed by atoms with van der Waals surface area (Å²) in [5.41, 5.74) is 1.13. The largest absolute Gasteiger partial charge is 0.307 e. The number of nitrogens with zero attached hydrogens (tertiary/aromatic N) is 1. The fraction of sp³-hybridized carbons (Fsp3) is 0.0833. The van der Waals surface area contributed by atoms with Gasteiger partial charge < -0.3 is 5.32 Å². The Morgan fingerprint density at radius 1 is 1.41 bits per heavy atom. The summed E-state index contributed by atoms with van der Waals surface area (Å²) in [6.45, 7) is 1.89.